The number of hydrogen-bond donors (Lipinski definition) is 2. The van der Waals surface area contributed by atoms with Crippen molar-refractivity contribution in [2.45, 2.75) is 0 Å². The molecule has 0 bridgehead atoms. The van der Waals surface area contributed by atoms with Crippen LogP contribution in [0.2, 0.25) is 0 Å². The van der Waals surface area contributed by atoms with Gasteiger partial charge in [0, 0.05) is 18.5 Å². The molecule has 3 nitrogen and oxygen atoms in total. The van der Waals surface area contributed by atoms with Crippen LogP contribution in [-0.2, 0) is 0 Å². The summed E-state index contributed by atoms with van der Waals surface area (Å²) in [6.07, 6.45) is 3.64. The summed E-state index contributed by atoms with van der Waals surface area (Å²) in [4.78, 5) is 11.4. The van der Waals surface area contributed by atoms with Crippen LogP contribution in [0, 0.1) is 0 Å². The van der Waals surface area contributed by atoms with E-state index in [-0.39, 0.29) is 5.91 Å². The maximum Gasteiger partial charge on any atom is 0.252 e. The molecule has 0 aliphatic heterocycles. The van der Waals surface area contributed by atoms with E-state index in [4.69, 9.17) is 5.73 Å². The lowest BCUT2D eigenvalue weighted by Gasteiger charge is -1.98. The van der Waals surface area contributed by atoms with E-state index in [1.807, 2.05) is 17.5 Å². The molecule has 0 unspecified atom stereocenters. The van der Waals surface area contributed by atoms with Crippen LogP contribution in [0.3, 0.4) is 0 Å². The standard InChI is InChI=1S/C9H11BrN2OS/c10-8-5-7(6-14-8)9(13)12-4-2-1-3-11/h1-2,5-6H,3-4,11H2,(H,12,13)/b2-1+. The Morgan fingerprint density at radius 3 is 3.00 bits per heavy atom. The molecule has 0 aromatic carbocycles. The molecule has 0 aliphatic carbocycles. The quantitative estimate of drug-likeness (QED) is 0.823. The molecule has 1 heterocycles. The van der Waals surface area contributed by atoms with Gasteiger partial charge in [0.2, 0.25) is 0 Å². The molecule has 5 heteroatoms. The van der Waals surface area contributed by atoms with Crippen LogP contribution in [0.4, 0.5) is 0 Å². The fourth-order valence-electron chi connectivity index (χ4n) is 0.862. The zero-order valence-corrected chi connectivity index (χ0v) is 9.90. The average Bonchev–Trinajstić information content (AvgIpc) is 2.59. The summed E-state index contributed by atoms with van der Waals surface area (Å²) in [7, 11) is 0. The van der Waals surface area contributed by atoms with Crippen molar-refractivity contribution in [1.29, 1.82) is 0 Å². The molecule has 0 fully saturated rings. The van der Waals surface area contributed by atoms with Gasteiger partial charge in [-0.15, -0.1) is 11.3 Å². The minimum absolute atomic E-state index is 0.0615. The smallest absolute Gasteiger partial charge is 0.252 e. The zero-order chi connectivity index (χ0) is 10.4. The molecule has 0 spiro atoms. The molecule has 0 radical (unpaired) electrons. The Kier molecular flexibility index (Phi) is 4.86. The number of rotatable bonds is 4. The van der Waals surface area contributed by atoms with Crippen LogP contribution in [-0.4, -0.2) is 19.0 Å². The number of thiophene rings is 1. The second-order valence-electron chi connectivity index (χ2n) is 2.56. The van der Waals surface area contributed by atoms with Crippen LogP contribution >= 0.6 is 27.3 Å². The van der Waals surface area contributed by atoms with Gasteiger partial charge in [0.05, 0.1) is 9.35 Å². The number of nitrogens with two attached hydrogens (primary N) is 1. The van der Waals surface area contributed by atoms with Crippen molar-refractivity contribution in [2.75, 3.05) is 13.1 Å². The van der Waals surface area contributed by atoms with Crippen molar-refractivity contribution in [3.05, 3.63) is 32.9 Å². The molecule has 76 valence electrons. The van der Waals surface area contributed by atoms with E-state index in [1.165, 1.54) is 11.3 Å². The Bertz CT molecular complexity index is 335. The fraction of sp³-hybridized carbons (Fsp3) is 0.222. The number of carbonyl (C=O) groups is 1. The van der Waals surface area contributed by atoms with Crippen LogP contribution in [0.15, 0.2) is 27.4 Å². The second-order valence-corrected chi connectivity index (χ2v) is 4.85. The molecule has 1 aromatic rings. The average molecular weight is 275 g/mol. The van der Waals surface area contributed by atoms with E-state index in [9.17, 15) is 4.79 Å². The Balaban J connectivity index is 2.39. The molecule has 0 atom stereocenters. The minimum atomic E-state index is -0.0615. The molecule has 14 heavy (non-hydrogen) atoms. The zero-order valence-electron chi connectivity index (χ0n) is 7.50. The van der Waals surface area contributed by atoms with Crippen molar-refractivity contribution in [3.63, 3.8) is 0 Å². The maximum absolute atomic E-state index is 11.4. The van der Waals surface area contributed by atoms with Crippen LogP contribution in [0.5, 0.6) is 0 Å². The summed E-state index contributed by atoms with van der Waals surface area (Å²) < 4.78 is 0.958. The number of halogens is 1. The van der Waals surface area contributed by atoms with Crippen LogP contribution < -0.4 is 11.1 Å². The van der Waals surface area contributed by atoms with Gasteiger partial charge in [0.15, 0.2) is 0 Å². The summed E-state index contributed by atoms with van der Waals surface area (Å²) >= 11 is 4.80. The summed E-state index contributed by atoms with van der Waals surface area (Å²) in [6.45, 7) is 1.02. The largest absolute Gasteiger partial charge is 0.349 e. The van der Waals surface area contributed by atoms with Crippen LogP contribution in [0.25, 0.3) is 0 Å². The summed E-state index contributed by atoms with van der Waals surface area (Å²) in [5.74, 6) is -0.0615. The van der Waals surface area contributed by atoms with Gasteiger partial charge in [-0.2, -0.15) is 0 Å². The molecule has 1 aromatic heterocycles. The van der Waals surface area contributed by atoms with Crippen molar-refractivity contribution in [3.8, 4) is 0 Å². The highest BCUT2D eigenvalue weighted by molar-refractivity contribution is 9.11. The first-order valence-electron chi connectivity index (χ1n) is 4.11. The van der Waals surface area contributed by atoms with Gasteiger partial charge in [-0.1, -0.05) is 12.2 Å². The topological polar surface area (TPSA) is 55.1 Å². The van der Waals surface area contributed by atoms with Crippen LogP contribution in [0.1, 0.15) is 10.4 Å². The highest BCUT2D eigenvalue weighted by atomic mass is 79.9. The highest BCUT2D eigenvalue weighted by Crippen LogP contribution is 2.20. The Labute approximate surface area is 95.1 Å². The van der Waals surface area contributed by atoms with Gasteiger partial charge in [0.25, 0.3) is 5.91 Å². The lowest BCUT2D eigenvalue weighted by molar-refractivity contribution is 0.0958. The number of nitrogens with one attached hydrogen (secondary N) is 1. The second kappa shape index (κ2) is 5.95. The van der Waals surface area contributed by atoms with Gasteiger partial charge >= 0.3 is 0 Å². The van der Waals surface area contributed by atoms with E-state index in [2.05, 4.69) is 21.2 Å². The molecule has 0 aliphatic rings. The minimum Gasteiger partial charge on any atom is -0.349 e. The molecule has 1 rings (SSSR count). The normalized spacial score (nSPS) is 10.7. The van der Waals surface area contributed by atoms with Gasteiger partial charge in [-0.3, -0.25) is 4.79 Å². The van der Waals surface area contributed by atoms with Crippen molar-refractivity contribution >= 4 is 33.2 Å². The first-order chi connectivity index (χ1) is 6.74. The lowest BCUT2D eigenvalue weighted by Crippen LogP contribution is -2.22. The molecule has 1 amide bonds. The van der Waals surface area contributed by atoms with Crippen molar-refractivity contribution < 1.29 is 4.79 Å². The highest BCUT2D eigenvalue weighted by Gasteiger charge is 2.05. The third kappa shape index (κ3) is 3.61. The maximum atomic E-state index is 11.4. The van der Waals surface area contributed by atoms with E-state index >= 15 is 0 Å². The monoisotopic (exact) mass is 274 g/mol. The number of hydrogen-bond acceptors (Lipinski definition) is 3. The van der Waals surface area contributed by atoms with E-state index in [0.717, 1.165) is 3.79 Å². The Morgan fingerprint density at radius 2 is 2.43 bits per heavy atom. The van der Waals surface area contributed by atoms with Gasteiger partial charge in [0.1, 0.15) is 0 Å². The van der Waals surface area contributed by atoms with Gasteiger partial charge in [-0.05, 0) is 22.0 Å². The first-order valence-corrected chi connectivity index (χ1v) is 5.78. The first kappa shape index (κ1) is 11.4. The van der Waals surface area contributed by atoms with E-state index < -0.39 is 0 Å². The van der Waals surface area contributed by atoms with E-state index in [1.54, 1.807) is 6.07 Å². The van der Waals surface area contributed by atoms with E-state index in [0.29, 0.717) is 18.7 Å². The number of amides is 1. The Hall–Kier alpha value is -0.650. The summed E-state index contributed by atoms with van der Waals surface area (Å²) in [6, 6.07) is 1.80. The molecular weight excluding hydrogens is 264 g/mol. The molecule has 0 saturated heterocycles. The molecule has 3 N–H and O–H groups in total. The fourth-order valence-corrected chi connectivity index (χ4v) is 2.00. The predicted molar refractivity (Wildman–Crippen MR) is 62.5 cm³/mol. The lowest BCUT2D eigenvalue weighted by atomic mass is 10.3. The summed E-state index contributed by atoms with van der Waals surface area (Å²) in [5, 5.41) is 4.56. The third-order valence-electron chi connectivity index (χ3n) is 1.51. The third-order valence-corrected chi connectivity index (χ3v) is 3.02. The van der Waals surface area contributed by atoms with Gasteiger partial charge in [-0.25, -0.2) is 0 Å². The molecular formula is C9H11BrN2OS. The Morgan fingerprint density at radius 1 is 1.64 bits per heavy atom. The SMILES string of the molecule is NC/C=C/CNC(=O)c1csc(Br)c1. The van der Waals surface area contributed by atoms with Gasteiger partial charge < -0.3 is 11.1 Å². The predicted octanol–water partition coefficient (Wildman–Crippen LogP) is 1.76. The number of carbonyl (C=O) groups excluding carboxylic acids is 1. The molecule has 0 saturated carbocycles. The van der Waals surface area contributed by atoms with Crippen molar-refractivity contribution in [1.82, 2.24) is 5.32 Å². The summed E-state index contributed by atoms with van der Waals surface area (Å²) in [5.41, 5.74) is 5.94. The van der Waals surface area contributed by atoms with Crippen molar-refractivity contribution in [2.24, 2.45) is 5.73 Å².